The van der Waals surface area contributed by atoms with Crippen LogP contribution in [0.5, 0.6) is 0 Å². The number of aromatic nitrogens is 2. The van der Waals surface area contributed by atoms with Crippen LogP contribution in [0.4, 0.5) is 16.5 Å². The molecule has 0 fully saturated rings. The molecular weight excluding hydrogens is 300 g/mol. The molecular formula is C13H12N8O2. The van der Waals surface area contributed by atoms with Crippen molar-refractivity contribution in [1.82, 2.24) is 25.6 Å². The number of rotatable bonds is 3. The second kappa shape index (κ2) is 5.09. The highest BCUT2D eigenvalue weighted by Gasteiger charge is 2.37. The van der Waals surface area contributed by atoms with Crippen molar-refractivity contribution in [3.05, 3.63) is 36.2 Å². The Morgan fingerprint density at radius 2 is 2.09 bits per heavy atom. The number of aliphatic imine (C=N–C) groups is 1. The van der Waals surface area contributed by atoms with Crippen LogP contribution in [0.2, 0.25) is 0 Å². The van der Waals surface area contributed by atoms with Gasteiger partial charge in [0.25, 0.3) is 5.89 Å². The molecule has 0 atom stereocenters. The van der Waals surface area contributed by atoms with Crippen molar-refractivity contribution in [1.29, 1.82) is 0 Å². The summed E-state index contributed by atoms with van der Waals surface area (Å²) in [6.07, 6.45) is 0. The molecule has 0 aliphatic carbocycles. The molecule has 2 amide bonds. The summed E-state index contributed by atoms with van der Waals surface area (Å²) in [6, 6.07) is 9.43. The Balaban J connectivity index is 1.57. The number of urea groups is 1. The van der Waals surface area contributed by atoms with E-state index in [-0.39, 0.29) is 24.6 Å². The highest BCUT2D eigenvalue weighted by atomic mass is 16.4. The van der Waals surface area contributed by atoms with Gasteiger partial charge in [-0.05, 0) is 12.1 Å². The van der Waals surface area contributed by atoms with Gasteiger partial charge in [-0.3, -0.25) is 9.89 Å². The van der Waals surface area contributed by atoms with Gasteiger partial charge >= 0.3 is 12.0 Å². The van der Waals surface area contributed by atoms with Crippen LogP contribution < -0.4 is 10.9 Å². The van der Waals surface area contributed by atoms with Crippen molar-refractivity contribution in [3.8, 4) is 0 Å². The Morgan fingerprint density at radius 3 is 2.91 bits per heavy atom. The molecule has 23 heavy (non-hydrogen) atoms. The quantitative estimate of drug-likeness (QED) is 0.865. The van der Waals surface area contributed by atoms with Crippen LogP contribution in [0.3, 0.4) is 0 Å². The van der Waals surface area contributed by atoms with Crippen molar-refractivity contribution in [2.24, 2.45) is 10.1 Å². The fourth-order valence-corrected chi connectivity index (χ4v) is 2.20. The summed E-state index contributed by atoms with van der Waals surface area (Å²) in [5.41, 5.74) is 3.80. The van der Waals surface area contributed by atoms with Crippen molar-refractivity contribution >= 4 is 29.3 Å². The summed E-state index contributed by atoms with van der Waals surface area (Å²) in [4.78, 5) is 17.7. The molecule has 0 radical (unpaired) electrons. The van der Waals surface area contributed by atoms with E-state index >= 15 is 0 Å². The van der Waals surface area contributed by atoms with Crippen LogP contribution in [-0.4, -0.2) is 51.4 Å². The largest absolute Gasteiger partial charge is 0.401 e. The summed E-state index contributed by atoms with van der Waals surface area (Å²) >= 11 is 0. The van der Waals surface area contributed by atoms with Crippen LogP contribution in [0.1, 0.15) is 5.89 Å². The third-order valence-electron chi connectivity index (χ3n) is 3.31. The van der Waals surface area contributed by atoms with Gasteiger partial charge < -0.3 is 9.73 Å². The lowest BCUT2D eigenvalue weighted by atomic mass is 10.3. The van der Waals surface area contributed by atoms with E-state index in [9.17, 15) is 4.79 Å². The highest BCUT2D eigenvalue weighted by Crippen LogP contribution is 2.19. The van der Waals surface area contributed by atoms with Gasteiger partial charge in [-0.2, -0.15) is 0 Å². The van der Waals surface area contributed by atoms with Crippen LogP contribution in [0.25, 0.3) is 0 Å². The van der Waals surface area contributed by atoms with Crippen LogP contribution in [-0.2, 0) is 0 Å². The number of nitrogens with one attached hydrogen (secondary N) is 2. The first-order valence-electron chi connectivity index (χ1n) is 6.82. The number of amidine groups is 1. The second-order valence-electron chi connectivity index (χ2n) is 4.86. The minimum absolute atomic E-state index is 0.169. The Labute approximate surface area is 130 Å². The topological polar surface area (TPSA) is 111 Å². The molecule has 0 spiro atoms. The highest BCUT2D eigenvalue weighted by molar-refractivity contribution is 6.49. The predicted molar refractivity (Wildman–Crippen MR) is 81.0 cm³/mol. The fourth-order valence-electron chi connectivity index (χ4n) is 2.20. The fraction of sp³-hybridized carbons (Fsp3) is 0.154. The van der Waals surface area contributed by atoms with E-state index in [1.54, 1.807) is 7.05 Å². The molecule has 0 saturated carbocycles. The average molecular weight is 312 g/mol. The summed E-state index contributed by atoms with van der Waals surface area (Å²) in [7, 11) is 1.58. The van der Waals surface area contributed by atoms with Crippen LogP contribution in [0.15, 0.2) is 44.8 Å². The molecule has 1 aromatic carbocycles. The van der Waals surface area contributed by atoms with Crippen LogP contribution >= 0.6 is 0 Å². The molecule has 116 valence electrons. The van der Waals surface area contributed by atoms with Crippen molar-refractivity contribution in [2.45, 2.75) is 0 Å². The summed E-state index contributed by atoms with van der Waals surface area (Å²) in [5.74, 6) is 0.562. The number of hydrazone groups is 1. The van der Waals surface area contributed by atoms with Gasteiger partial charge in [-0.15, -0.1) is 10.2 Å². The minimum atomic E-state index is -0.254. The SMILES string of the molecule is CN1NN=C2C(c3nnc(Nc4ccccc4)o3)=NCN2C1=O. The molecule has 1 aromatic heterocycles. The molecule has 4 rings (SSSR count). The van der Waals surface area contributed by atoms with Crippen molar-refractivity contribution in [2.75, 3.05) is 19.0 Å². The van der Waals surface area contributed by atoms with E-state index in [2.05, 4.69) is 31.1 Å². The van der Waals surface area contributed by atoms with Gasteiger partial charge in [0, 0.05) is 12.7 Å². The maximum atomic E-state index is 12.0. The number of hydrogen-bond acceptors (Lipinski definition) is 8. The number of hydrogen-bond donors (Lipinski definition) is 2. The Bertz CT molecular complexity index is 812. The summed E-state index contributed by atoms with van der Waals surface area (Å²) < 4.78 is 5.56. The molecule has 0 bridgehead atoms. The monoisotopic (exact) mass is 312 g/mol. The third kappa shape index (κ3) is 2.25. The number of nitrogens with zero attached hydrogens (tertiary/aromatic N) is 6. The molecule has 2 aliphatic rings. The van der Waals surface area contributed by atoms with Crippen molar-refractivity contribution in [3.63, 3.8) is 0 Å². The second-order valence-corrected chi connectivity index (χ2v) is 4.86. The van der Waals surface area contributed by atoms with Gasteiger partial charge in [0.2, 0.25) is 0 Å². The maximum Gasteiger partial charge on any atom is 0.346 e. The summed E-state index contributed by atoms with van der Waals surface area (Å²) in [5, 5.41) is 16.2. The first kappa shape index (κ1) is 13.2. The molecule has 3 heterocycles. The smallest absolute Gasteiger partial charge is 0.346 e. The number of para-hydroxylation sites is 1. The van der Waals surface area contributed by atoms with Gasteiger partial charge in [-0.1, -0.05) is 23.3 Å². The third-order valence-corrected chi connectivity index (χ3v) is 3.31. The molecule has 2 aliphatic heterocycles. The first-order chi connectivity index (χ1) is 11.2. The Hall–Kier alpha value is -3.43. The van der Waals surface area contributed by atoms with Crippen molar-refractivity contribution < 1.29 is 9.21 Å². The number of amides is 2. The molecule has 2 N–H and O–H groups in total. The lowest BCUT2D eigenvalue weighted by molar-refractivity contribution is 0.159. The standard InChI is InChI=1S/C13H12N8O2/c1-20-13(22)21-7-14-9(10(21)16-19-20)11-17-18-12(23-11)15-8-5-3-2-4-6-8/h2-6,19H,7H2,1H3,(H,15,18). The molecule has 2 aromatic rings. The van der Waals surface area contributed by atoms with E-state index in [1.807, 2.05) is 30.3 Å². The molecule has 10 heteroatoms. The Morgan fingerprint density at radius 1 is 1.26 bits per heavy atom. The number of fused-ring (bicyclic) bond motifs is 1. The first-order valence-corrected chi connectivity index (χ1v) is 6.82. The molecule has 0 unspecified atom stereocenters. The number of benzene rings is 1. The maximum absolute atomic E-state index is 12.0. The molecule has 0 saturated heterocycles. The zero-order chi connectivity index (χ0) is 15.8. The number of carbonyl (C=O) groups excluding carboxylic acids is 1. The molecule has 10 nitrogen and oxygen atoms in total. The lowest BCUT2D eigenvalue weighted by Crippen LogP contribution is -2.53. The zero-order valence-electron chi connectivity index (χ0n) is 12.1. The number of carbonyl (C=O) groups is 1. The van der Waals surface area contributed by atoms with E-state index in [0.29, 0.717) is 11.5 Å². The van der Waals surface area contributed by atoms with Gasteiger partial charge in [-0.25, -0.2) is 15.3 Å². The van der Waals surface area contributed by atoms with E-state index in [1.165, 1.54) is 9.91 Å². The van der Waals surface area contributed by atoms with E-state index < -0.39 is 0 Å². The van der Waals surface area contributed by atoms with E-state index in [0.717, 1.165) is 5.69 Å². The normalized spacial score (nSPS) is 16.7. The minimum Gasteiger partial charge on any atom is -0.401 e. The zero-order valence-corrected chi connectivity index (χ0v) is 12.1. The van der Waals surface area contributed by atoms with Crippen LogP contribution in [0, 0.1) is 0 Å². The van der Waals surface area contributed by atoms with Gasteiger partial charge in [0.05, 0.1) is 0 Å². The van der Waals surface area contributed by atoms with Gasteiger partial charge in [0.1, 0.15) is 6.67 Å². The average Bonchev–Trinajstić information content (AvgIpc) is 3.19. The lowest BCUT2D eigenvalue weighted by Gasteiger charge is -2.27. The summed E-state index contributed by atoms with van der Waals surface area (Å²) in [6.45, 7) is 0.169. The predicted octanol–water partition coefficient (Wildman–Crippen LogP) is 0.759. The number of anilines is 2. The Kier molecular flexibility index (Phi) is 2.93. The number of hydrazine groups is 1. The van der Waals surface area contributed by atoms with Gasteiger partial charge in [0.15, 0.2) is 11.5 Å². The van der Waals surface area contributed by atoms with E-state index in [4.69, 9.17) is 4.42 Å².